The van der Waals surface area contributed by atoms with Gasteiger partial charge in [-0.15, -0.1) is 0 Å². The van der Waals surface area contributed by atoms with Crippen LogP contribution < -0.4 is 0 Å². The Hall–Kier alpha value is 0.452. The summed E-state index contributed by atoms with van der Waals surface area (Å²) >= 11 is -0.611. The van der Waals surface area contributed by atoms with Crippen LogP contribution in [0.4, 0.5) is 0 Å². The summed E-state index contributed by atoms with van der Waals surface area (Å²) in [5, 5.41) is 0. The third-order valence-corrected chi connectivity index (χ3v) is 1.77. The minimum atomic E-state index is -0.611. The first-order valence-corrected chi connectivity index (χ1v) is 4.72. The van der Waals surface area contributed by atoms with Gasteiger partial charge in [-0.3, -0.25) is 0 Å². The second kappa shape index (κ2) is 8.45. The average Bonchev–Trinajstić information content (AvgIpc) is 1.89. The van der Waals surface area contributed by atoms with Gasteiger partial charge in [-0.2, -0.15) is 0 Å². The predicted molar refractivity (Wildman–Crippen MR) is 39.6 cm³/mol. The van der Waals surface area contributed by atoms with Gasteiger partial charge in [-0.1, -0.05) is 13.8 Å². The van der Waals surface area contributed by atoms with E-state index >= 15 is 0 Å². The summed E-state index contributed by atoms with van der Waals surface area (Å²) in [4.78, 5) is 0. The molecule has 0 aromatic rings. The zero-order valence-corrected chi connectivity index (χ0v) is 7.77. The lowest BCUT2D eigenvalue weighted by Crippen LogP contribution is -2.05. The highest BCUT2D eigenvalue weighted by atomic mass is 27.2. The number of rotatable bonds is 6. The minimum Gasteiger partial charge on any atom is -0.481 e. The van der Waals surface area contributed by atoms with E-state index in [9.17, 15) is 0 Å². The van der Waals surface area contributed by atoms with Crippen molar-refractivity contribution in [1.82, 2.24) is 0 Å². The fourth-order valence-electron chi connectivity index (χ4n) is 0.465. The van der Waals surface area contributed by atoms with Crippen LogP contribution in [-0.4, -0.2) is 29.1 Å². The van der Waals surface area contributed by atoms with Gasteiger partial charge in [0.15, 0.2) is 0 Å². The smallest absolute Gasteiger partial charge is 0.481 e. The van der Waals surface area contributed by atoms with Crippen LogP contribution in [0.1, 0.15) is 26.7 Å². The largest absolute Gasteiger partial charge is 0.649 e. The Balaban J connectivity index is 2.60. The van der Waals surface area contributed by atoms with Gasteiger partial charge in [0.1, 0.15) is 0 Å². The van der Waals surface area contributed by atoms with Crippen molar-refractivity contribution in [3.8, 4) is 0 Å². The SMILES string of the molecule is CCC[O][AlH][O]CCC. The Morgan fingerprint density at radius 1 is 1.00 bits per heavy atom. The quantitative estimate of drug-likeness (QED) is 0.412. The molecule has 0 heterocycles. The molecule has 0 amide bonds. The average molecular weight is 146 g/mol. The van der Waals surface area contributed by atoms with E-state index in [2.05, 4.69) is 13.8 Å². The second-order valence-corrected chi connectivity index (χ2v) is 2.99. The minimum absolute atomic E-state index is 0.611. The van der Waals surface area contributed by atoms with E-state index in [4.69, 9.17) is 7.58 Å². The van der Waals surface area contributed by atoms with E-state index in [0.717, 1.165) is 26.1 Å². The highest BCUT2D eigenvalue weighted by Gasteiger charge is 1.92. The van der Waals surface area contributed by atoms with Gasteiger partial charge >= 0.3 is 15.9 Å². The van der Waals surface area contributed by atoms with Gasteiger partial charge < -0.3 is 7.58 Å². The van der Waals surface area contributed by atoms with Gasteiger partial charge in [0.2, 0.25) is 0 Å². The second-order valence-electron chi connectivity index (χ2n) is 1.93. The first-order chi connectivity index (χ1) is 4.41. The van der Waals surface area contributed by atoms with Crippen LogP contribution in [0.5, 0.6) is 0 Å². The molecule has 9 heavy (non-hydrogen) atoms. The zero-order valence-electron chi connectivity index (χ0n) is 6.35. The molecular weight excluding hydrogens is 131 g/mol. The maximum atomic E-state index is 5.20. The molecule has 0 atom stereocenters. The van der Waals surface area contributed by atoms with Crippen LogP contribution in [0.2, 0.25) is 0 Å². The molecule has 0 aliphatic heterocycles. The molecule has 0 radical (unpaired) electrons. The Morgan fingerprint density at radius 2 is 1.44 bits per heavy atom. The molecule has 0 spiro atoms. The van der Waals surface area contributed by atoms with Gasteiger partial charge in [0.05, 0.1) is 0 Å². The van der Waals surface area contributed by atoms with Crippen molar-refractivity contribution < 1.29 is 7.58 Å². The molecule has 0 aliphatic carbocycles. The highest BCUT2D eigenvalue weighted by Crippen LogP contribution is 1.81. The normalized spacial score (nSPS) is 9.56. The molecule has 0 N–H and O–H groups in total. The molecule has 0 aromatic heterocycles. The van der Waals surface area contributed by atoms with Crippen molar-refractivity contribution in [1.29, 1.82) is 0 Å². The van der Waals surface area contributed by atoms with E-state index in [1.54, 1.807) is 0 Å². The third kappa shape index (κ3) is 8.45. The molecule has 0 rings (SSSR count). The summed E-state index contributed by atoms with van der Waals surface area (Å²) in [6.45, 7) is 5.95. The standard InChI is InChI=1S/2C3H7O.Al.H/c2*1-2-3-4;;/h2*2-3H2,1H3;;/q2*-1;+2;. The lowest BCUT2D eigenvalue weighted by atomic mass is 10.5. The molecule has 2 nitrogen and oxygen atoms in total. The van der Waals surface area contributed by atoms with Crippen molar-refractivity contribution in [2.45, 2.75) is 26.7 Å². The van der Waals surface area contributed by atoms with Crippen LogP contribution in [0, 0.1) is 0 Å². The van der Waals surface area contributed by atoms with Crippen molar-refractivity contribution in [3.05, 3.63) is 0 Å². The molecule has 0 aliphatic rings. The van der Waals surface area contributed by atoms with Gasteiger partial charge in [-0.25, -0.2) is 0 Å². The lowest BCUT2D eigenvalue weighted by molar-refractivity contribution is 0.222. The third-order valence-electron chi connectivity index (χ3n) is 0.864. The summed E-state index contributed by atoms with van der Waals surface area (Å²) in [6, 6.07) is 0. The molecular formula is C6H15AlO2. The molecule has 3 heteroatoms. The Bertz CT molecular complexity index is 44.3. The van der Waals surface area contributed by atoms with E-state index in [1.165, 1.54) is 0 Å². The van der Waals surface area contributed by atoms with Crippen LogP contribution >= 0.6 is 0 Å². The van der Waals surface area contributed by atoms with E-state index in [0.29, 0.717) is 0 Å². The maximum absolute atomic E-state index is 5.20. The molecule has 54 valence electrons. The lowest BCUT2D eigenvalue weighted by Gasteiger charge is -2.00. The molecule has 0 saturated carbocycles. The van der Waals surface area contributed by atoms with Gasteiger partial charge in [0, 0.05) is 13.2 Å². The zero-order chi connectivity index (χ0) is 6.95. The first-order valence-electron chi connectivity index (χ1n) is 3.57. The van der Waals surface area contributed by atoms with Crippen molar-refractivity contribution in [2.75, 3.05) is 13.2 Å². The summed E-state index contributed by atoms with van der Waals surface area (Å²) in [7, 11) is 0. The summed E-state index contributed by atoms with van der Waals surface area (Å²) in [6.07, 6.45) is 2.20. The molecule has 0 saturated heterocycles. The molecule has 0 bridgehead atoms. The monoisotopic (exact) mass is 146 g/mol. The fourth-order valence-corrected chi connectivity index (χ4v) is 1.40. The molecule has 0 fully saturated rings. The summed E-state index contributed by atoms with van der Waals surface area (Å²) in [5.41, 5.74) is 0. The Kier molecular flexibility index (Phi) is 8.88. The van der Waals surface area contributed by atoms with Gasteiger partial charge in [-0.05, 0) is 12.8 Å². The van der Waals surface area contributed by atoms with E-state index in [-0.39, 0.29) is 0 Å². The predicted octanol–water partition coefficient (Wildman–Crippen LogP) is 1.11. The molecule has 0 aromatic carbocycles. The van der Waals surface area contributed by atoms with Crippen molar-refractivity contribution in [2.24, 2.45) is 0 Å². The maximum Gasteiger partial charge on any atom is 0.649 e. The van der Waals surface area contributed by atoms with E-state index in [1.807, 2.05) is 0 Å². The van der Waals surface area contributed by atoms with Crippen molar-refractivity contribution in [3.63, 3.8) is 0 Å². The first kappa shape index (κ1) is 9.45. The Labute approximate surface area is 63.9 Å². The Morgan fingerprint density at radius 3 is 1.78 bits per heavy atom. The topological polar surface area (TPSA) is 18.5 Å². The summed E-state index contributed by atoms with van der Waals surface area (Å²) in [5.74, 6) is 0. The van der Waals surface area contributed by atoms with E-state index < -0.39 is 15.9 Å². The van der Waals surface area contributed by atoms with Crippen LogP contribution in [0.15, 0.2) is 0 Å². The number of hydrogen-bond acceptors (Lipinski definition) is 2. The van der Waals surface area contributed by atoms with Gasteiger partial charge in [0.25, 0.3) is 0 Å². The van der Waals surface area contributed by atoms with Crippen LogP contribution in [-0.2, 0) is 7.58 Å². The van der Waals surface area contributed by atoms with Crippen molar-refractivity contribution >= 4 is 15.9 Å². The number of hydrogen-bond donors (Lipinski definition) is 0. The van der Waals surface area contributed by atoms with Crippen LogP contribution in [0.25, 0.3) is 0 Å². The summed E-state index contributed by atoms with van der Waals surface area (Å²) < 4.78 is 10.4. The molecule has 0 unspecified atom stereocenters. The highest BCUT2D eigenvalue weighted by molar-refractivity contribution is 6.17. The fraction of sp³-hybridized carbons (Fsp3) is 1.00. The van der Waals surface area contributed by atoms with Crippen LogP contribution in [0.3, 0.4) is 0 Å².